The largest absolute Gasteiger partial charge is 0.437 e. The second-order valence-corrected chi connectivity index (χ2v) is 4.98. The van der Waals surface area contributed by atoms with Crippen molar-refractivity contribution in [1.29, 1.82) is 0 Å². The molecule has 0 unspecified atom stereocenters. The first kappa shape index (κ1) is 15.1. The van der Waals surface area contributed by atoms with Gasteiger partial charge in [-0.15, -0.1) is 0 Å². The number of oxime groups is 1. The lowest BCUT2D eigenvalue weighted by Gasteiger charge is -2.04. The second kappa shape index (κ2) is 6.90. The van der Waals surface area contributed by atoms with Crippen LogP contribution in [0.4, 0.5) is 10.5 Å². The average molecular weight is 303 g/mol. The molecule has 0 atom stereocenters. The van der Waals surface area contributed by atoms with Gasteiger partial charge < -0.3 is 0 Å². The fourth-order valence-corrected chi connectivity index (χ4v) is 1.85. The number of anilines is 1. The number of aryl methyl sites for hydroxylation is 2. The maximum atomic E-state index is 11.6. The van der Waals surface area contributed by atoms with Crippen LogP contribution in [0.25, 0.3) is 0 Å². The van der Waals surface area contributed by atoms with Gasteiger partial charge in [0.1, 0.15) is 0 Å². The number of hydrogen-bond donors (Lipinski definition) is 1. The molecule has 0 bridgehead atoms. The lowest BCUT2D eigenvalue weighted by molar-refractivity contribution is 0.167. The maximum absolute atomic E-state index is 11.6. The van der Waals surface area contributed by atoms with Crippen LogP contribution in [0.5, 0.6) is 0 Å². The Morgan fingerprint density at radius 3 is 2.48 bits per heavy atom. The molecule has 1 amide bonds. The molecule has 2 aromatic rings. The third kappa shape index (κ3) is 4.61. The van der Waals surface area contributed by atoms with Crippen LogP contribution in [0.3, 0.4) is 0 Å². The number of nitrogens with one attached hydrogen (secondary N) is 1. The van der Waals surface area contributed by atoms with E-state index in [1.165, 1.54) is 0 Å². The Morgan fingerprint density at radius 1 is 1.10 bits per heavy atom. The fraction of sp³-hybridized carbons (Fsp3) is 0.125. The summed E-state index contributed by atoms with van der Waals surface area (Å²) in [4.78, 5) is 16.4. The van der Waals surface area contributed by atoms with Crippen LogP contribution < -0.4 is 5.32 Å². The van der Waals surface area contributed by atoms with E-state index in [9.17, 15) is 4.79 Å². The number of nitrogens with zero attached hydrogens (tertiary/aromatic N) is 1. The molecule has 5 heteroatoms. The third-order valence-corrected chi connectivity index (χ3v) is 3.05. The van der Waals surface area contributed by atoms with Crippen LogP contribution >= 0.6 is 11.6 Å². The molecule has 0 radical (unpaired) electrons. The third-order valence-electron chi connectivity index (χ3n) is 2.76. The van der Waals surface area contributed by atoms with Gasteiger partial charge in [0.15, 0.2) is 5.17 Å². The number of rotatable bonds is 3. The highest BCUT2D eigenvalue weighted by Gasteiger charge is 2.05. The summed E-state index contributed by atoms with van der Waals surface area (Å²) in [7, 11) is 0. The quantitative estimate of drug-likeness (QED) is 0.517. The predicted octanol–water partition coefficient (Wildman–Crippen LogP) is 4.45. The normalized spacial score (nSPS) is 11.1. The Labute approximate surface area is 128 Å². The van der Waals surface area contributed by atoms with Crippen LogP contribution in [0.1, 0.15) is 16.7 Å². The van der Waals surface area contributed by atoms with Gasteiger partial charge in [-0.25, -0.2) is 4.79 Å². The first-order valence-electron chi connectivity index (χ1n) is 6.40. The second-order valence-electron chi connectivity index (χ2n) is 4.62. The monoisotopic (exact) mass is 302 g/mol. The summed E-state index contributed by atoms with van der Waals surface area (Å²) < 4.78 is 0. The number of hydrogen-bond acceptors (Lipinski definition) is 3. The number of carbonyl (C=O) groups excluding carboxylic acids is 1. The van der Waals surface area contributed by atoms with Crippen molar-refractivity contribution < 1.29 is 9.63 Å². The predicted molar refractivity (Wildman–Crippen MR) is 84.9 cm³/mol. The highest BCUT2D eigenvalue weighted by Crippen LogP contribution is 2.11. The topological polar surface area (TPSA) is 50.7 Å². The number of carbonyl (C=O) groups is 1. The van der Waals surface area contributed by atoms with E-state index in [2.05, 4.69) is 10.5 Å². The van der Waals surface area contributed by atoms with Gasteiger partial charge in [0.2, 0.25) is 0 Å². The van der Waals surface area contributed by atoms with Crippen LogP contribution in [0, 0.1) is 13.8 Å². The van der Waals surface area contributed by atoms with Crippen molar-refractivity contribution in [3.63, 3.8) is 0 Å². The van der Waals surface area contributed by atoms with Crippen molar-refractivity contribution in [2.24, 2.45) is 5.16 Å². The van der Waals surface area contributed by atoms with E-state index >= 15 is 0 Å². The first-order chi connectivity index (χ1) is 10.0. The van der Waals surface area contributed by atoms with Crippen LogP contribution in [0.2, 0.25) is 0 Å². The molecule has 2 aromatic carbocycles. The highest BCUT2D eigenvalue weighted by atomic mass is 35.5. The molecule has 21 heavy (non-hydrogen) atoms. The summed E-state index contributed by atoms with van der Waals surface area (Å²) in [5, 5.41) is 6.30. The van der Waals surface area contributed by atoms with Gasteiger partial charge in [-0.05, 0) is 31.5 Å². The van der Waals surface area contributed by atoms with E-state index in [0.29, 0.717) is 11.3 Å². The van der Waals surface area contributed by atoms with Crippen molar-refractivity contribution in [3.05, 3.63) is 65.2 Å². The summed E-state index contributed by atoms with van der Waals surface area (Å²) in [6.45, 7) is 3.91. The Bertz CT molecular complexity index is 666. The zero-order valence-corrected chi connectivity index (χ0v) is 12.5. The van der Waals surface area contributed by atoms with Gasteiger partial charge >= 0.3 is 6.09 Å². The minimum absolute atomic E-state index is 0.120. The average Bonchev–Trinajstić information content (AvgIpc) is 2.45. The minimum atomic E-state index is -0.689. The van der Waals surface area contributed by atoms with Crippen LogP contribution in [-0.2, 0) is 4.84 Å². The van der Waals surface area contributed by atoms with E-state index < -0.39 is 6.09 Å². The molecule has 0 fully saturated rings. The number of halogens is 1. The smallest absolute Gasteiger partial charge is 0.296 e. The summed E-state index contributed by atoms with van der Waals surface area (Å²) in [5.74, 6) is 0. The van der Waals surface area contributed by atoms with E-state index in [1.54, 1.807) is 6.07 Å². The Hall–Kier alpha value is -2.33. The van der Waals surface area contributed by atoms with Crippen molar-refractivity contribution >= 4 is 28.6 Å². The van der Waals surface area contributed by atoms with Crippen LogP contribution in [-0.4, -0.2) is 11.3 Å². The summed E-state index contributed by atoms with van der Waals surface area (Å²) >= 11 is 5.98. The zero-order valence-electron chi connectivity index (χ0n) is 11.8. The molecule has 0 heterocycles. The van der Waals surface area contributed by atoms with Crippen LogP contribution in [0.15, 0.2) is 53.7 Å². The molecular formula is C16H15ClN2O2. The van der Waals surface area contributed by atoms with E-state index in [-0.39, 0.29) is 5.17 Å². The lowest BCUT2D eigenvalue weighted by atomic mass is 10.2. The molecule has 2 rings (SSSR count). The van der Waals surface area contributed by atoms with Gasteiger partial charge in [0, 0.05) is 11.3 Å². The highest BCUT2D eigenvalue weighted by molar-refractivity contribution is 6.69. The van der Waals surface area contributed by atoms with Gasteiger partial charge in [-0.3, -0.25) is 10.2 Å². The number of benzene rings is 2. The lowest BCUT2D eigenvalue weighted by Crippen LogP contribution is -2.11. The van der Waals surface area contributed by atoms with Crippen molar-refractivity contribution in [3.8, 4) is 0 Å². The Balaban J connectivity index is 1.96. The Kier molecular flexibility index (Phi) is 4.95. The maximum Gasteiger partial charge on any atom is 0.437 e. The molecule has 0 aliphatic rings. The molecule has 1 N–H and O–H groups in total. The SMILES string of the molecule is Cc1ccc(/C(Cl)=N/OC(=O)Nc2cccc(C)c2)cc1. The van der Waals surface area contributed by atoms with Crippen molar-refractivity contribution in [1.82, 2.24) is 0 Å². The molecule has 0 aromatic heterocycles. The summed E-state index contributed by atoms with van der Waals surface area (Å²) in [5.41, 5.74) is 3.47. The molecule has 108 valence electrons. The molecule has 0 aliphatic heterocycles. The molecule has 0 aliphatic carbocycles. The standard InChI is InChI=1S/C16H15ClN2O2/c1-11-6-8-13(9-7-11)15(17)19-21-16(20)18-14-5-3-4-12(2)10-14/h3-10H,1-2H3,(H,18,20)/b19-15-. The van der Waals surface area contributed by atoms with Gasteiger partial charge in [0.25, 0.3) is 0 Å². The zero-order chi connectivity index (χ0) is 15.2. The van der Waals surface area contributed by atoms with Crippen molar-refractivity contribution in [2.75, 3.05) is 5.32 Å². The summed E-state index contributed by atoms with van der Waals surface area (Å²) in [6, 6.07) is 14.8. The molecule has 4 nitrogen and oxygen atoms in total. The van der Waals surface area contributed by atoms with E-state index in [4.69, 9.17) is 16.4 Å². The summed E-state index contributed by atoms with van der Waals surface area (Å²) in [6.07, 6.45) is -0.689. The van der Waals surface area contributed by atoms with E-state index in [0.717, 1.165) is 11.1 Å². The fourth-order valence-electron chi connectivity index (χ4n) is 1.69. The van der Waals surface area contributed by atoms with E-state index in [1.807, 2.05) is 56.3 Å². The molecule has 0 saturated heterocycles. The molecular weight excluding hydrogens is 288 g/mol. The van der Waals surface area contributed by atoms with Gasteiger partial charge in [0.05, 0.1) is 0 Å². The number of amides is 1. The van der Waals surface area contributed by atoms with Gasteiger partial charge in [-0.1, -0.05) is 58.7 Å². The molecule has 0 spiro atoms. The van der Waals surface area contributed by atoms with Gasteiger partial charge in [-0.2, -0.15) is 0 Å². The first-order valence-corrected chi connectivity index (χ1v) is 6.77. The minimum Gasteiger partial charge on any atom is -0.296 e. The molecule has 0 saturated carbocycles. The Morgan fingerprint density at radius 2 is 1.81 bits per heavy atom. The van der Waals surface area contributed by atoms with Crippen molar-refractivity contribution in [2.45, 2.75) is 13.8 Å².